The molecule has 1 aliphatic rings. The van der Waals surface area contributed by atoms with E-state index in [0.717, 1.165) is 5.69 Å². The van der Waals surface area contributed by atoms with Crippen LogP contribution >= 0.6 is 0 Å². The minimum Gasteiger partial charge on any atom is -0.457 e. The lowest BCUT2D eigenvalue weighted by molar-refractivity contribution is -0.199. The number of aromatic nitrogens is 2. The van der Waals surface area contributed by atoms with E-state index in [-0.39, 0.29) is 23.7 Å². The molecule has 0 saturated carbocycles. The van der Waals surface area contributed by atoms with Crippen molar-refractivity contribution in [3.8, 4) is 11.3 Å². The molecular weight excluding hydrogens is 496 g/mol. The Morgan fingerprint density at radius 1 is 1.14 bits per heavy atom. The Kier molecular flexibility index (Phi) is 7.37. The second-order valence-corrected chi connectivity index (χ2v) is 8.01. The number of hydrogen-bond acceptors (Lipinski definition) is 5. The summed E-state index contributed by atoms with van der Waals surface area (Å²) in [6.45, 7) is -0.406. The summed E-state index contributed by atoms with van der Waals surface area (Å²) in [6.07, 6.45) is -1.74. The van der Waals surface area contributed by atoms with E-state index < -0.39 is 30.5 Å². The van der Waals surface area contributed by atoms with Crippen molar-refractivity contribution in [1.82, 2.24) is 20.6 Å². The van der Waals surface area contributed by atoms with Crippen LogP contribution in [0.5, 0.6) is 0 Å². The van der Waals surface area contributed by atoms with Crippen molar-refractivity contribution in [1.29, 1.82) is 0 Å². The summed E-state index contributed by atoms with van der Waals surface area (Å²) in [5.41, 5.74) is 3.39. The molecule has 0 fully saturated rings. The molecule has 8 nitrogen and oxygen atoms in total. The van der Waals surface area contributed by atoms with Gasteiger partial charge in [0, 0.05) is 41.7 Å². The molecule has 0 spiro atoms. The molecule has 0 saturated heterocycles. The number of nitrogens with zero attached hydrogens (tertiary/aromatic N) is 1. The molecule has 1 aromatic carbocycles. The Morgan fingerprint density at radius 2 is 1.89 bits per heavy atom. The number of carbonyl (C=O) groups is 3. The highest BCUT2D eigenvalue weighted by atomic mass is 19.4. The molecule has 12 heteroatoms. The number of nitrogens with one attached hydrogen (secondary N) is 3. The summed E-state index contributed by atoms with van der Waals surface area (Å²) in [6, 6.07) is 10.8. The fraction of sp³-hybridized carbons (Fsp3) is 0.200. The SMILES string of the molecule is O=C(NCCOC(=O)C(F)(F)F)c1ccc(C=C(F)c2cc(-c3cc4c([nH]3)CCNC4=O)ccn2)cc1. The zero-order valence-corrected chi connectivity index (χ0v) is 19.1. The Hall–Kier alpha value is -4.48. The van der Waals surface area contributed by atoms with Gasteiger partial charge in [0.25, 0.3) is 11.8 Å². The average Bonchev–Trinajstić information content (AvgIpc) is 3.32. The Balaban J connectivity index is 1.38. The van der Waals surface area contributed by atoms with Gasteiger partial charge in [-0.3, -0.25) is 14.6 Å². The number of carbonyl (C=O) groups excluding carboxylic acids is 3. The molecule has 0 bridgehead atoms. The minimum absolute atomic E-state index is 0.0738. The smallest absolute Gasteiger partial charge is 0.457 e. The summed E-state index contributed by atoms with van der Waals surface area (Å²) in [5.74, 6) is -3.72. The average molecular weight is 516 g/mol. The molecule has 0 radical (unpaired) electrons. The molecule has 3 heterocycles. The molecule has 37 heavy (non-hydrogen) atoms. The summed E-state index contributed by atoms with van der Waals surface area (Å²) < 4.78 is 55.2. The largest absolute Gasteiger partial charge is 0.490 e. The first kappa shape index (κ1) is 25.6. The number of ether oxygens (including phenoxy) is 1. The number of esters is 1. The molecule has 2 amide bonds. The third kappa shape index (κ3) is 6.21. The molecule has 3 N–H and O–H groups in total. The van der Waals surface area contributed by atoms with Crippen LogP contribution in [-0.2, 0) is 16.0 Å². The molecule has 0 atom stereocenters. The highest BCUT2D eigenvalue weighted by Gasteiger charge is 2.40. The van der Waals surface area contributed by atoms with Gasteiger partial charge in [0.15, 0.2) is 0 Å². The first-order valence-electron chi connectivity index (χ1n) is 11.1. The first-order chi connectivity index (χ1) is 17.6. The molecule has 3 aromatic rings. The number of benzene rings is 1. The summed E-state index contributed by atoms with van der Waals surface area (Å²) in [7, 11) is 0. The van der Waals surface area contributed by atoms with Crippen LogP contribution in [0, 0.1) is 0 Å². The second kappa shape index (κ2) is 10.6. The Labute approximate surface area is 207 Å². The van der Waals surface area contributed by atoms with E-state index >= 15 is 0 Å². The normalized spacial score (nSPS) is 13.5. The summed E-state index contributed by atoms with van der Waals surface area (Å²) >= 11 is 0. The van der Waals surface area contributed by atoms with Crippen molar-refractivity contribution in [2.45, 2.75) is 12.6 Å². The van der Waals surface area contributed by atoms with E-state index in [2.05, 4.69) is 25.3 Å². The van der Waals surface area contributed by atoms with Crippen molar-refractivity contribution in [3.05, 3.63) is 76.7 Å². The van der Waals surface area contributed by atoms with Gasteiger partial charge >= 0.3 is 12.1 Å². The van der Waals surface area contributed by atoms with E-state index in [4.69, 9.17) is 0 Å². The van der Waals surface area contributed by atoms with Crippen LogP contribution < -0.4 is 10.6 Å². The second-order valence-electron chi connectivity index (χ2n) is 8.01. The van der Waals surface area contributed by atoms with Crippen molar-refractivity contribution >= 4 is 29.7 Å². The summed E-state index contributed by atoms with van der Waals surface area (Å²) in [4.78, 5) is 42.0. The fourth-order valence-electron chi connectivity index (χ4n) is 3.62. The van der Waals surface area contributed by atoms with Gasteiger partial charge in [-0.1, -0.05) is 12.1 Å². The molecular formula is C25H20F4N4O4. The quantitative estimate of drug-likeness (QED) is 0.252. The number of pyridine rings is 1. The van der Waals surface area contributed by atoms with E-state index in [1.54, 1.807) is 18.2 Å². The van der Waals surface area contributed by atoms with Crippen LogP contribution in [-0.4, -0.2) is 53.6 Å². The third-order valence-corrected chi connectivity index (χ3v) is 5.44. The lowest BCUT2D eigenvalue weighted by Gasteiger charge is -2.10. The fourth-order valence-corrected chi connectivity index (χ4v) is 3.62. The van der Waals surface area contributed by atoms with Gasteiger partial charge in [-0.05, 0) is 42.0 Å². The van der Waals surface area contributed by atoms with E-state index in [0.29, 0.717) is 35.3 Å². The summed E-state index contributed by atoms with van der Waals surface area (Å²) in [5, 5.41) is 5.10. The zero-order valence-electron chi connectivity index (χ0n) is 19.1. The van der Waals surface area contributed by atoms with Crippen LogP contribution in [0.4, 0.5) is 17.6 Å². The predicted molar refractivity (Wildman–Crippen MR) is 125 cm³/mol. The molecule has 192 valence electrons. The van der Waals surface area contributed by atoms with Crippen LogP contribution in [0.2, 0.25) is 0 Å². The number of halogens is 4. The van der Waals surface area contributed by atoms with Gasteiger partial charge in [-0.25, -0.2) is 9.18 Å². The maximum absolute atomic E-state index is 14.9. The molecule has 0 unspecified atom stereocenters. The van der Waals surface area contributed by atoms with Crippen molar-refractivity contribution in [2.75, 3.05) is 19.7 Å². The van der Waals surface area contributed by atoms with Gasteiger partial charge in [-0.15, -0.1) is 0 Å². The van der Waals surface area contributed by atoms with Gasteiger partial charge < -0.3 is 20.4 Å². The Bertz CT molecular complexity index is 1360. The van der Waals surface area contributed by atoms with Crippen molar-refractivity contribution in [3.63, 3.8) is 0 Å². The number of alkyl halides is 3. The van der Waals surface area contributed by atoms with Gasteiger partial charge in [0.1, 0.15) is 12.4 Å². The number of H-pyrrole nitrogens is 1. The maximum atomic E-state index is 14.9. The Morgan fingerprint density at radius 3 is 2.59 bits per heavy atom. The van der Waals surface area contributed by atoms with Crippen LogP contribution in [0.25, 0.3) is 23.2 Å². The van der Waals surface area contributed by atoms with Crippen molar-refractivity contribution in [2.24, 2.45) is 0 Å². The molecule has 1 aliphatic heterocycles. The van der Waals surface area contributed by atoms with Crippen LogP contribution in [0.15, 0.2) is 48.7 Å². The number of fused-ring (bicyclic) bond motifs is 1. The van der Waals surface area contributed by atoms with Crippen LogP contribution in [0.1, 0.15) is 37.7 Å². The standard InChI is InChI=1S/C25H20F4N4O4/c26-18(21-12-16(5-7-30-21)20-13-17-19(33-20)6-8-31-23(17)35)11-14-1-3-15(4-2-14)22(34)32-9-10-37-24(36)25(27,28)29/h1-5,7,11-13,33H,6,8-10H2,(H,31,35)(H,32,34). The lowest BCUT2D eigenvalue weighted by Crippen LogP contribution is -2.31. The van der Waals surface area contributed by atoms with E-state index in [9.17, 15) is 31.9 Å². The number of aromatic amines is 1. The number of amides is 2. The maximum Gasteiger partial charge on any atom is 0.490 e. The molecule has 2 aromatic heterocycles. The highest BCUT2D eigenvalue weighted by molar-refractivity contribution is 5.98. The number of hydrogen-bond donors (Lipinski definition) is 3. The number of rotatable bonds is 7. The monoisotopic (exact) mass is 516 g/mol. The third-order valence-electron chi connectivity index (χ3n) is 5.44. The van der Waals surface area contributed by atoms with Gasteiger partial charge in [0.05, 0.1) is 17.8 Å². The zero-order chi connectivity index (χ0) is 26.6. The van der Waals surface area contributed by atoms with Gasteiger partial charge in [0.2, 0.25) is 0 Å². The van der Waals surface area contributed by atoms with Crippen LogP contribution in [0.3, 0.4) is 0 Å². The molecule has 4 rings (SSSR count). The first-order valence-corrected chi connectivity index (χ1v) is 11.1. The van der Waals surface area contributed by atoms with Gasteiger partial charge in [-0.2, -0.15) is 13.2 Å². The van der Waals surface area contributed by atoms with Crippen molar-refractivity contribution < 1.29 is 36.7 Å². The lowest BCUT2D eigenvalue weighted by atomic mass is 10.1. The van der Waals surface area contributed by atoms with E-state index in [1.807, 2.05) is 0 Å². The molecule has 0 aliphatic carbocycles. The van der Waals surface area contributed by atoms with E-state index in [1.165, 1.54) is 36.5 Å². The minimum atomic E-state index is -5.10. The highest BCUT2D eigenvalue weighted by Crippen LogP contribution is 2.27. The topological polar surface area (TPSA) is 113 Å². The predicted octanol–water partition coefficient (Wildman–Crippen LogP) is 3.67.